The molecule has 1 aliphatic heterocycles. The Morgan fingerprint density at radius 3 is 1.32 bits per heavy atom. The Kier molecular flexibility index (Phi) is 24.9. The van der Waals surface area contributed by atoms with Gasteiger partial charge in [-0.25, -0.2) is 54.8 Å². The van der Waals surface area contributed by atoms with Crippen LogP contribution in [0.3, 0.4) is 0 Å². The summed E-state index contributed by atoms with van der Waals surface area (Å²) < 4.78 is 92.6. The number of sulfonamides is 3. The number of aromatic nitrogens is 6. The first-order valence-electron chi connectivity index (χ1n) is 34.3. The van der Waals surface area contributed by atoms with Crippen LogP contribution in [-0.2, 0) is 45.9 Å². The molecule has 0 amide bonds. The smallest absolute Gasteiger partial charge is 0.399 e. The van der Waals surface area contributed by atoms with E-state index in [-0.39, 0.29) is 25.0 Å². The van der Waals surface area contributed by atoms with Crippen molar-refractivity contribution < 1.29 is 34.6 Å². The van der Waals surface area contributed by atoms with E-state index in [1.165, 1.54) is 18.6 Å². The predicted molar refractivity (Wildman–Crippen MR) is 451 cm³/mol. The SMILES string of the molecule is CC(C)(C)NS(=O)(=O)c1cncc(-c2c(Cl)nc(Cl)c3c(-c4ccccc4)cccc23)c1.CC(C)(C)NS(=O)(=O)c1cncc(B2OC(C)(C)C(C)(C)O2)c1.Cc1nc(NCc2ccccc2)c2c(-c3ccccc3)cccc2c1-c1cncc(S(N)(=O)=O)c1.Clc1nc(Cl)c2c(-c3ccccc3)cccc2c1I. The maximum atomic E-state index is 12.9. The molecule has 7 aromatic carbocycles. The number of primary sulfonamides is 1. The number of hydrogen-bond acceptors (Lipinski definition) is 15. The monoisotopic (exact) mass is 1700 g/mol. The van der Waals surface area contributed by atoms with Gasteiger partial charge in [0, 0.05) is 110 Å². The van der Waals surface area contributed by atoms with Crippen LogP contribution in [-0.4, -0.2) is 84.6 Å². The van der Waals surface area contributed by atoms with E-state index in [4.69, 9.17) is 65.8 Å². The van der Waals surface area contributed by atoms with Crippen molar-refractivity contribution in [2.24, 2.45) is 5.14 Å². The number of anilines is 1. The van der Waals surface area contributed by atoms with Gasteiger partial charge in [-0.1, -0.05) is 222 Å². The van der Waals surface area contributed by atoms with E-state index >= 15 is 0 Å². The molecule has 560 valence electrons. The third kappa shape index (κ3) is 19.3. The molecule has 0 atom stereocenters. The van der Waals surface area contributed by atoms with Crippen molar-refractivity contribution in [2.75, 3.05) is 5.32 Å². The van der Waals surface area contributed by atoms with Crippen molar-refractivity contribution in [2.45, 2.75) is 120 Å². The van der Waals surface area contributed by atoms with E-state index in [2.05, 4.69) is 111 Å². The summed E-state index contributed by atoms with van der Waals surface area (Å²) in [5.74, 6) is 0.764. The maximum Gasteiger partial charge on any atom is 0.496 e. The van der Waals surface area contributed by atoms with E-state index in [0.717, 1.165) is 91.9 Å². The molecule has 0 saturated carbocycles. The van der Waals surface area contributed by atoms with Crippen LogP contribution in [0.5, 0.6) is 0 Å². The second kappa shape index (κ2) is 33.3. The first kappa shape index (κ1) is 81.6. The van der Waals surface area contributed by atoms with Crippen LogP contribution < -0.4 is 25.4 Å². The van der Waals surface area contributed by atoms with Gasteiger partial charge >= 0.3 is 7.12 Å². The lowest BCUT2D eigenvalue weighted by atomic mass is 9.80. The Bertz CT molecular complexity index is 5880. The summed E-state index contributed by atoms with van der Waals surface area (Å²) in [5.41, 5.74) is 9.05. The van der Waals surface area contributed by atoms with Gasteiger partial charge in [-0.2, -0.15) is 0 Å². The zero-order valence-corrected chi connectivity index (χ0v) is 69.0. The van der Waals surface area contributed by atoms with Gasteiger partial charge in [0.2, 0.25) is 30.1 Å². The first-order valence-corrected chi connectivity index (χ1v) is 41.4. The third-order valence-corrected chi connectivity index (χ3v) is 24.5. The Morgan fingerprint density at radius 2 is 0.844 bits per heavy atom. The molecule has 0 unspecified atom stereocenters. The zero-order valence-electron chi connectivity index (χ0n) is 61.4. The van der Waals surface area contributed by atoms with Gasteiger partial charge in [0.05, 0.1) is 19.7 Å². The van der Waals surface area contributed by atoms with Crippen LogP contribution in [0.2, 0.25) is 20.6 Å². The third-order valence-electron chi connectivity index (χ3n) is 17.7. The maximum absolute atomic E-state index is 12.9. The van der Waals surface area contributed by atoms with E-state index < -0.39 is 59.5 Å². The average Bonchev–Trinajstić information content (AvgIpc) is 1.47. The van der Waals surface area contributed by atoms with E-state index in [9.17, 15) is 25.3 Å². The largest absolute Gasteiger partial charge is 0.496 e. The van der Waals surface area contributed by atoms with Crippen LogP contribution in [0, 0.1) is 10.5 Å². The van der Waals surface area contributed by atoms with Crippen molar-refractivity contribution in [3.8, 4) is 55.6 Å². The van der Waals surface area contributed by atoms with Crippen LogP contribution in [0.1, 0.15) is 80.5 Å². The number of benzene rings is 7. The highest BCUT2D eigenvalue weighted by Gasteiger charge is 2.52. The summed E-state index contributed by atoms with van der Waals surface area (Å²) in [7, 11) is -12.0. The van der Waals surface area contributed by atoms with E-state index in [1.54, 1.807) is 78.3 Å². The average molecular weight is 1710 g/mol. The highest BCUT2D eigenvalue weighted by atomic mass is 127. The number of halogens is 5. The van der Waals surface area contributed by atoms with E-state index in [1.807, 2.05) is 162 Å². The fourth-order valence-electron chi connectivity index (χ4n) is 12.2. The number of pyridine rings is 6. The molecule has 1 saturated heterocycles. The number of rotatable bonds is 14. The molecule has 109 heavy (non-hydrogen) atoms. The lowest BCUT2D eigenvalue weighted by Crippen LogP contribution is -2.41. The Hall–Kier alpha value is -8.38. The van der Waals surface area contributed by atoms with Gasteiger partial charge in [-0.15, -0.1) is 0 Å². The molecule has 1 aliphatic rings. The second-order valence-electron chi connectivity index (χ2n) is 28.7. The molecule has 0 radical (unpaired) electrons. The summed E-state index contributed by atoms with van der Waals surface area (Å²) in [6.45, 7) is 21.0. The van der Waals surface area contributed by atoms with Crippen molar-refractivity contribution >= 4 is 150 Å². The molecule has 5 N–H and O–H groups in total. The lowest BCUT2D eigenvalue weighted by molar-refractivity contribution is 0.00578. The van der Waals surface area contributed by atoms with E-state index in [0.29, 0.717) is 39.0 Å². The van der Waals surface area contributed by atoms with Gasteiger partial charge in [-0.05, 0) is 167 Å². The number of nitrogens with zero attached hydrogens (tertiary/aromatic N) is 6. The van der Waals surface area contributed by atoms with Crippen LogP contribution >= 0.6 is 69.0 Å². The molecule has 27 heteroatoms. The van der Waals surface area contributed by atoms with Crippen LogP contribution in [0.15, 0.2) is 246 Å². The van der Waals surface area contributed by atoms with Gasteiger partial charge in [-0.3, -0.25) is 15.0 Å². The van der Waals surface area contributed by atoms with Gasteiger partial charge < -0.3 is 14.6 Å². The highest BCUT2D eigenvalue weighted by molar-refractivity contribution is 14.1. The molecule has 14 rings (SSSR count). The number of nitrogens with one attached hydrogen (secondary N) is 3. The minimum atomic E-state index is -3.89. The Morgan fingerprint density at radius 1 is 0.450 bits per heavy atom. The summed E-state index contributed by atoms with van der Waals surface area (Å²) in [4.78, 5) is 26.0. The molecular weight excluding hydrogens is 1630 g/mol. The standard InChI is InChI=1S/C28H24N4O2S.C24H21Cl2N3O2S.C15H25BN2O4S.C15H8Cl2IN/c1-19-26(22-15-23(18-30-17-22)35(29,33)34)25-14-8-13-24(21-11-6-3-7-12-21)27(25)28(32-19)31-16-20-9-4-2-5-10-20;1-24(2,3)29-32(30,31)17-12-16(13-27-14-17)20-19-11-7-10-18(15-8-5-4-6-9-15)21(19)23(26)28-22(20)25;1-13(2,3)18-23(19,20)12-8-11(9-17-10-12)16-21-14(4,5)15(6,7)22-16;16-14-12-10(9-5-2-1-3-6-9)7-4-8-11(12)13(18)15(17)19-14/h2-15,17-18H,16H2,1H3,(H,31,32)(H2,29,33,34);4-14,29H,1-3H3;8-10,18H,1-7H3;1-8H. The molecule has 0 aliphatic carbocycles. The van der Waals surface area contributed by atoms with Crippen molar-refractivity contribution in [3.63, 3.8) is 0 Å². The first-order chi connectivity index (χ1) is 51.4. The molecule has 1 fully saturated rings. The van der Waals surface area contributed by atoms with Crippen molar-refractivity contribution in [1.82, 2.24) is 39.3 Å². The minimum absolute atomic E-state index is 0.0342. The number of hydrogen-bond donors (Lipinski definition) is 4. The zero-order chi connectivity index (χ0) is 78.6. The Labute approximate surface area is 670 Å². The van der Waals surface area contributed by atoms with Gasteiger partial charge in [0.15, 0.2) is 0 Å². The molecule has 6 aromatic heterocycles. The fourth-order valence-corrected chi connectivity index (χ4v) is 17.2. The number of aryl methyl sites for hydroxylation is 1. The molecule has 18 nitrogen and oxygen atoms in total. The lowest BCUT2D eigenvalue weighted by Gasteiger charge is -2.32. The number of nitrogens with two attached hydrogens (primary N) is 1. The Balaban J connectivity index is 0.000000148. The quantitative estimate of drug-likeness (QED) is 0.0448. The normalized spacial score (nSPS) is 13.6. The van der Waals surface area contributed by atoms with Crippen LogP contribution in [0.4, 0.5) is 5.82 Å². The van der Waals surface area contributed by atoms with Crippen LogP contribution in [0.25, 0.3) is 88.0 Å². The highest BCUT2D eigenvalue weighted by Crippen LogP contribution is 2.44. The molecule has 13 aromatic rings. The molecule has 0 spiro atoms. The fraction of sp³-hybridized carbons (Fsp3) is 0.195. The van der Waals surface area contributed by atoms with Gasteiger partial charge in [0.1, 0.15) is 36.2 Å². The topological polar surface area (TPSA) is 260 Å². The molecular formula is C82H78BCl4IN10O8S3. The minimum Gasteiger partial charge on any atom is -0.399 e. The summed E-state index contributed by atoms with van der Waals surface area (Å²) in [5, 5.41) is 15.6. The second-order valence-corrected chi connectivity index (χ2v) is 36.2. The number of fused-ring (bicyclic) bond motifs is 3. The van der Waals surface area contributed by atoms with Crippen molar-refractivity contribution in [3.05, 3.63) is 267 Å². The predicted octanol–water partition coefficient (Wildman–Crippen LogP) is 19.1. The van der Waals surface area contributed by atoms with Gasteiger partial charge in [0.25, 0.3) is 0 Å². The van der Waals surface area contributed by atoms with Crippen molar-refractivity contribution in [1.29, 1.82) is 0 Å². The summed E-state index contributed by atoms with van der Waals surface area (Å²) in [6.07, 6.45) is 8.67. The molecule has 0 bridgehead atoms. The summed E-state index contributed by atoms with van der Waals surface area (Å²) >= 11 is 27.6. The molecule has 7 heterocycles. The summed E-state index contributed by atoms with van der Waals surface area (Å²) in [6, 6.07) is 62.9.